The first-order chi connectivity index (χ1) is 6.74. The summed E-state index contributed by atoms with van der Waals surface area (Å²) in [6.45, 7) is 3.82. The number of aliphatic hydroxyl groups is 1. The number of aliphatic hydroxyl groups excluding tert-OH is 1. The summed E-state index contributed by atoms with van der Waals surface area (Å²) in [7, 11) is 0. The Bertz CT molecular complexity index is 194. The van der Waals surface area contributed by atoms with E-state index in [2.05, 4.69) is 5.32 Å². The molecule has 0 aromatic heterocycles. The van der Waals surface area contributed by atoms with Crippen LogP contribution in [0.3, 0.4) is 0 Å². The lowest BCUT2D eigenvalue weighted by Crippen LogP contribution is -2.46. The lowest BCUT2D eigenvalue weighted by Gasteiger charge is -2.29. The molecule has 0 radical (unpaired) electrons. The predicted molar refractivity (Wildman–Crippen MR) is 52.0 cm³/mol. The van der Waals surface area contributed by atoms with Gasteiger partial charge in [0.1, 0.15) is 0 Å². The zero-order valence-corrected chi connectivity index (χ0v) is 8.66. The zero-order valence-electron chi connectivity index (χ0n) is 8.66. The van der Waals surface area contributed by atoms with E-state index < -0.39 is 5.79 Å². The molecule has 4 nitrogen and oxygen atoms in total. The lowest BCUT2D eigenvalue weighted by atomic mass is 10.1. The van der Waals surface area contributed by atoms with Crippen LogP contribution in [0.2, 0.25) is 0 Å². The van der Waals surface area contributed by atoms with Crippen molar-refractivity contribution in [3.63, 3.8) is 0 Å². The summed E-state index contributed by atoms with van der Waals surface area (Å²) >= 11 is 0. The molecule has 2 N–H and O–H groups in total. The maximum absolute atomic E-state index is 8.81. The number of ether oxygens (including phenoxy) is 2. The topological polar surface area (TPSA) is 50.7 Å². The van der Waals surface area contributed by atoms with Crippen molar-refractivity contribution in [3.05, 3.63) is 0 Å². The fraction of sp³-hybridized carbons (Fsp3) is 1.00. The van der Waals surface area contributed by atoms with Gasteiger partial charge in [-0.3, -0.25) is 0 Å². The summed E-state index contributed by atoms with van der Waals surface area (Å²) in [6.07, 6.45) is 3.04. The minimum atomic E-state index is -0.476. The molecule has 0 bridgehead atoms. The second-order valence-electron chi connectivity index (χ2n) is 4.23. The minimum Gasteiger partial charge on any atom is -0.396 e. The van der Waals surface area contributed by atoms with E-state index in [0.717, 1.165) is 13.0 Å². The van der Waals surface area contributed by atoms with Crippen molar-refractivity contribution in [2.45, 2.75) is 44.1 Å². The maximum Gasteiger partial charge on any atom is 0.181 e. The van der Waals surface area contributed by atoms with Gasteiger partial charge < -0.3 is 19.9 Å². The molecule has 2 aliphatic heterocycles. The Morgan fingerprint density at radius 1 is 1.57 bits per heavy atom. The summed E-state index contributed by atoms with van der Waals surface area (Å²) in [5, 5.41) is 12.2. The van der Waals surface area contributed by atoms with Gasteiger partial charge in [-0.05, 0) is 32.7 Å². The molecule has 3 unspecified atom stereocenters. The van der Waals surface area contributed by atoms with Crippen LogP contribution in [0.1, 0.15) is 26.2 Å². The lowest BCUT2D eigenvalue weighted by molar-refractivity contribution is -0.173. The predicted octanol–water partition coefficient (Wildman–Crippen LogP) is 0.252. The SMILES string of the molecule is CC1(C2CCCN2)OCC(CCO)O1. The van der Waals surface area contributed by atoms with Gasteiger partial charge in [-0.2, -0.15) is 0 Å². The minimum absolute atomic E-state index is 0.0624. The van der Waals surface area contributed by atoms with Gasteiger partial charge in [-0.25, -0.2) is 0 Å². The van der Waals surface area contributed by atoms with Crippen LogP contribution in [0.15, 0.2) is 0 Å². The molecule has 0 spiro atoms. The summed E-state index contributed by atoms with van der Waals surface area (Å²) in [6, 6.07) is 0.311. The van der Waals surface area contributed by atoms with E-state index in [4.69, 9.17) is 14.6 Å². The highest BCUT2D eigenvalue weighted by Crippen LogP contribution is 2.31. The van der Waals surface area contributed by atoms with Crippen molar-refractivity contribution in [1.82, 2.24) is 5.32 Å². The Hall–Kier alpha value is -0.160. The van der Waals surface area contributed by atoms with Crippen LogP contribution in [0.4, 0.5) is 0 Å². The molecular weight excluding hydrogens is 182 g/mol. The first kappa shape index (κ1) is 10.4. The maximum atomic E-state index is 8.81. The first-order valence-electron chi connectivity index (χ1n) is 5.40. The van der Waals surface area contributed by atoms with Crippen molar-refractivity contribution in [3.8, 4) is 0 Å². The Balaban J connectivity index is 1.90. The van der Waals surface area contributed by atoms with Gasteiger partial charge in [0, 0.05) is 6.61 Å². The Morgan fingerprint density at radius 2 is 2.43 bits per heavy atom. The van der Waals surface area contributed by atoms with E-state index in [1.807, 2.05) is 6.92 Å². The van der Waals surface area contributed by atoms with Crippen molar-refractivity contribution >= 4 is 0 Å². The summed E-state index contributed by atoms with van der Waals surface area (Å²) in [5.41, 5.74) is 0. The number of nitrogens with one attached hydrogen (secondary N) is 1. The largest absolute Gasteiger partial charge is 0.396 e. The Labute approximate surface area is 84.6 Å². The van der Waals surface area contributed by atoms with Gasteiger partial charge in [0.2, 0.25) is 0 Å². The number of rotatable bonds is 3. The van der Waals surface area contributed by atoms with Crippen molar-refractivity contribution < 1.29 is 14.6 Å². The molecule has 0 aromatic carbocycles. The third-order valence-electron chi connectivity index (χ3n) is 3.10. The molecule has 82 valence electrons. The molecule has 2 rings (SSSR count). The van der Waals surface area contributed by atoms with Crippen molar-refractivity contribution in [2.24, 2.45) is 0 Å². The molecule has 2 aliphatic rings. The molecule has 2 saturated heterocycles. The second kappa shape index (κ2) is 4.14. The molecule has 0 saturated carbocycles. The summed E-state index contributed by atoms with van der Waals surface area (Å²) < 4.78 is 11.5. The van der Waals surface area contributed by atoms with Gasteiger partial charge in [-0.1, -0.05) is 0 Å². The molecule has 14 heavy (non-hydrogen) atoms. The molecule has 0 aromatic rings. The average molecular weight is 201 g/mol. The molecular formula is C10H19NO3. The molecule has 4 heteroatoms. The monoisotopic (exact) mass is 201 g/mol. The summed E-state index contributed by atoms with van der Waals surface area (Å²) in [5.74, 6) is -0.476. The smallest absolute Gasteiger partial charge is 0.181 e. The van der Waals surface area contributed by atoms with E-state index in [1.54, 1.807) is 0 Å². The van der Waals surface area contributed by atoms with Crippen molar-refractivity contribution in [2.75, 3.05) is 19.8 Å². The summed E-state index contributed by atoms with van der Waals surface area (Å²) in [4.78, 5) is 0. The van der Waals surface area contributed by atoms with Gasteiger partial charge in [0.15, 0.2) is 5.79 Å². The van der Waals surface area contributed by atoms with Gasteiger partial charge in [0.25, 0.3) is 0 Å². The van der Waals surface area contributed by atoms with Crippen LogP contribution in [0.5, 0.6) is 0 Å². The fourth-order valence-electron chi connectivity index (χ4n) is 2.26. The molecule has 2 heterocycles. The average Bonchev–Trinajstić information content (AvgIpc) is 2.75. The van der Waals surface area contributed by atoms with Crippen LogP contribution in [0, 0.1) is 0 Å². The zero-order chi connectivity index (χ0) is 10.0. The quantitative estimate of drug-likeness (QED) is 0.687. The van der Waals surface area contributed by atoms with Crippen LogP contribution < -0.4 is 5.32 Å². The van der Waals surface area contributed by atoms with Crippen LogP contribution in [0.25, 0.3) is 0 Å². The van der Waals surface area contributed by atoms with Crippen molar-refractivity contribution in [1.29, 1.82) is 0 Å². The second-order valence-corrected chi connectivity index (χ2v) is 4.23. The molecule has 2 fully saturated rings. The Morgan fingerprint density at radius 3 is 3.07 bits per heavy atom. The molecule has 0 aliphatic carbocycles. The van der Waals surface area contributed by atoms with E-state index in [1.165, 1.54) is 6.42 Å². The van der Waals surface area contributed by atoms with Gasteiger partial charge in [0.05, 0.1) is 18.8 Å². The van der Waals surface area contributed by atoms with Crippen LogP contribution in [-0.4, -0.2) is 42.8 Å². The van der Waals surface area contributed by atoms with Crippen LogP contribution in [-0.2, 0) is 9.47 Å². The third-order valence-corrected chi connectivity index (χ3v) is 3.10. The van der Waals surface area contributed by atoms with Crippen LogP contribution >= 0.6 is 0 Å². The normalized spacial score (nSPS) is 43.3. The number of hydrogen-bond acceptors (Lipinski definition) is 4. The van der Waals surface area contributed by atoms with E-state index in [-0.39, 0.29) is 12.7 Å². The third kappa shape index (κ3) is 1.93. The van der Waals surface area contributed by atoms with E-state index in [0.29, 0.717) is 19.1 Å². The van der Waals surface area contributed by atoms with E-state index in [9.17, 15) is 0 Å². The molecule has 3 atom stereocenters. The highest BCUT2D eigenvalue weighted by Gasteiger charge is 2.44. The highest BCUT2D eigenvalue weighted by atomic mass is 16.7. The standard InChI is InChI=1S/C10H19NO3/c1-10(9-3-2-5-11-9)13-7-8(14-10)4-6-12/h8-9,11-12H,2-7H2,1H3. The first-order valence-corrected chi connectivity index (χ1v) is 5.40. The molecule has 0 amide bonds. The Kier molecular flexibility index (Phi) is 3.07. The van der Waals surface area contributed by atoms with Gasteiger partial charge in [-0.15, -0.1) is 0 Å². The fourth-order valence-corrected chi connectivity index (χ4v) is 2.26. The van der Waals surface area contributed by atoms with Gasteiger partial charge >= 0.3 is 0 Å². The highest BCUT2D eigenvalue weighted by molar-refractivity contribution is 4.90. The van der Waals surface area contributed by atoms with E-state index >= 15 is 0 Å². The number of hydrogen-bond donors (Lipinski definition) is 2.